The Labute approximate surface area is 235 Å². The van der Waals surface area contributed by atoms with E-state index in [2.05, 4.69) is 25.8 Å². The van der Waals surface area contributed by atoms with Gasteiger partial charge in [-0.15, -0.1) is 0 Å². The lowest BCUT2D eigenvalue weighted by Crippen LogP contribution is -2.72. The van der Waals surface area contributed by atoms with Gasteiger partial charge < -0.3 is 26.7 Å². The molecule has 0 spiro atoms. The molecule has 38 heavy (non-hydrogen) atoms. The van der Waals surface area contributed by atoms with Crippen molar-refractivity contribution in [3.05, 3.63) is 44.7 Å². The van der Waals surface area contributed by atoms with Gasteiger partial charge in [-0.2, -0.15) is 11.8 Å². The molecule has 2 aliphatic rings. The van der Waals surface area contributed by atoms with Crippen molar-refractivity contribution in [1.82, 2.24) is 25.5 Å². The van der Waals surface area contributed by atoms with Crippen molar-refractivity contribution in [1.29, 1.82) is 0 Å². The Kier molecular flexibility index (Phi) is 9.15. The molecule has 6 N–H and O–H groups in total. The molecule has 0 bridgehead atoms. The molecule has 0 aliphatic carbocycles. The number of halogens is 1. The summed E-state index contributed by atoms with van der Waals surface area (Å²) in [6.45, 7) is 0.862. The third-order valence-electron chi connectivity index (χ3n) is 5.84. The molecule has 16 heteroatoms. The minimum Gasteiger partial charge on any atom is -0.477 e. The molecule has 2 amide bonds. The number of aliphatic carboxylic acids is 1. The third kappa shape index (κ3) is 5.76. The summed E-state index contributed by atoms with van der Waals surface area (Å²) in [6.07, 6.45) is 2.52. The van der Waals surface area contributed by atoms with Crippen LogP contribution in [0.15, 0.2) is 39.0 Å². The molecule has 4 rings (SSSR count). The first kappa shape index (κ1) is 28.2. The molecule has 0 aromatic carbocycles. The number of nitrogens with two attached hydrogens (primary N) is 1. The van der Waals surface area contributed by atoms with Gasteiger partial charge in [-0.25, -0.2) is 9.78 Å². The molecule has 0 saturated carbocycles. The number of pyridine rings is 1. The highest BCUT2D eigenvalue weighted by Crippen LogP contribution is 2.44. The zero-order valence-electron chi connectivity index (χ0n) is 20.0. The maximum absolute atomic E-state index is 13.1. The number of amides is 2. The number of nitrogens with zero attached hydrogens (tertiary/aromatic N) is 4. The number of hydrogen-bond acceptors (Lipinski definition) is 12. The lowest BCUT2D eigenvalue weighted by molar-refractivity contribution is -0.155. The molecule has 0 unspecified atom stereocenters. The average Bonchev–Trinajstić information content (AvgIpc) is 3.23. The number of thiazole rings is 1. The van der Waals surface area contributed by atoms with Crippen LogP contribution in [0.2, 0.25) is 4.34 Å². The summed E-state index contributed by atoms with van der Waals surface area (Å²) >= 11 is 9.94. The van der Waals surface area contributed by atoms with Crippen molar-refractivity contribution >= 4 is 75.1 Å². The molecule has 2 aliphatic heterocycles. The van der Waals surface area contributed by atoms with Crippen LogP contribution in [0.25, 0.3) is 0 Å². The Morgan fingerprint density at radius 1 is 1.42 bits per heavy atom. The lowest BCUT2D eigenvalue weighted by atomic mass is 9.86. The second-order valence-corrected chi connectivity index (χ2v) is 12.0. The zero-order valence-corrected chi connectivity index (χ0v) is 23.2. The van der Waals surface area contributed by atoms with Crippen molar-refractivity contribution < 1.29 is 24.7 Å². The molecule has 12 nitrogen and oxygen atoms in total. The van der Waals surface area contributed by atoms with Gasteiger partial charge >= 0.3 is 5.97 Å². The molecular weight excluding hydrogens is 574 g/mol. The molecule has 1 saturated heterocycles. The normalized spacial score (nSPS) is 19.3. The first-order valence-electron chi connectivity index (χ1n) is 11.4. The minimum absolute atomic E-state index is 0.0534. The largest absolute Gasteiger partial charge is 0.477 e. The number of carboxylic acid groups (broad SMARTS) is 1. The molecule has 2 aromatic rings. The summed E-state index contributed by atoms with van der Waals surface area (Å²) < 4.78 is 0.0534. The Balaban J connectivity index is 1.50. The summed E-state index contributed by atoms with van der Waals surface area (Å²) in [5, 5.41) is 28.1. The molecule has 202 valence electrons. The van der Waals surface area contributed by atoms with Crippen LogP contribution in [0, 0.1) is 0 Å². The number of aromatic nitrogens is 2. The fourth-order valence-corrected chi connectivity index (χ4v) is 7.19. The Morgan fingerprint density at radius 2 is 2.21 bits per heavy atom. The standard InChI is InChI=1S/C22H24ClN7O5S3/c1-25-7-8-36-9-10-12(3-2-6-26-10)37-13-5-4-11-14(20(32)30(11)17(13)21(33)34)27-19(31)16(29-35)15-18(23)38-22(24)28-15/h2-3,6,11,14,25,35H,4-5,7-9H2,1H3,(H2,24,28)(H,27,31)(H,33,34)/b29-16-/t11-,14+/m1/s1. The van der Waals surface area contributed by atoms with E-state index < -0.39 is 35.6 Å². The molecule has 1 fully saturated rings. The fourth-order valence-electron chi connectivity index (χ4n) is 4.10. The number of allylic oxidation sites excluding steroid dienone is 1. The maximum atomic E-state index is 13.1. The van der Waals surface area contributed by atoms with Crippen LogP contribution in [0.5, 0.6) is 0 Å². The van der Waals surface area contributed by atoms with Gasteiger partial charge in [0.05, 0.1) is 11.7 Å². The number of hydrogen-bond donors (Lipinski definition) is 5. The number of anilines is 1. The van der Waals surface area contributed by atoms with Crippen LogP contribution in [-0.4, -0.2) is 80.1 Å². The van der Waals surface area contributed by atoms with Crippen LogP contribution >= 0.6 is 46.5 Å². The number of carbonyl (C=O) groups excluding carboxylic acids is 2. The number of nitrogen functional groups attached to an aromatic ring is 1. The number of carboxylic acids is 1. The molecule has 4 heterocycles. The quantitative estimate of drug-likeness (QED) is 0.0839. The van der Waals surface area contributed by atoms with Gasteiger partial charge in [0.15, 0.2) is 10.8 Å². The summed E-state index contributed by atoms with van der Waals surface area (Å²) in [7, 11) is 1.89. The Hall–Kier alpha value is -2.85. The van der Waals surface area contributed by atoms with Crippen molar-refractivity contribution in [2.75, 3.05) is 25.1 Å². The van der Waals surface area contributed by atoms with E-state index in [9.17, 15) is 24.7 Å². The van der Waals surface area contributed by atoms with Crippen LogP contribution < -0.4 is 16.4 Å². The van der Waals surface area contributed by atoms with E-state index in [1.54, 1.807) is 24.0 Å². The van der Waals surface area contributed by atoms with E-state index in [1.807, 2.05) is 13.1 Å². The number of thioether (sulfide) groups is 2. The van der Waals surface area contributed by atoms with Gasteiger partial charge in [-0.05, 0) is 32.0 Å². The summed E-state index contributed by atoms with van der Waals surface area (Å²) in [5.74, 6) is -1.11. The minimum atomic E-state index is -1.23. The molecule has 2 atom stereocenters. The average molecular weight is 598 g/mol. The Morgan fingerprint density at radius 3 is 2.87 bits per heavy atom. The van der Waals surface area contributed by atoms with Crippen LogP contribution in [-0.2, 0) is 20.1 Å². The summed E-state index contributed by atoms with van der Waals surface area (Å²) in [6, 6.07) is 2.12. The highest BCUT2D eigenvalue weighted by molar-refractivity contribution is 8.03. The Bertz CT molecular complexity index is 1320. The first-order valence-corrected chi connectivity index (χ1v) is 14.5. The van der Waals surface area contributed by atoms with Gasteiger partial charge in [0, 0.05) is 34.0 Å². The smallest absolute Gasteiger partial charge is 0.353 e. The van der Waals surface area contributed by atoms with E-state index in [4.69, 9.17) is 17.3 Å². The van der Waals surface area contributed by atoms with Crippen LogP contribution in [0.3, 0.4) is 0 Å². The second-order valence-electron chi connectivity index (χ2n) is 8.17. The summed E-state index contributed by atoms with van der Waals surface area (Å²) in [5.41, 5.74) is 5.74. The second kappa shape index (κ2) is 12.3. The number of carbonyl (C=O) groups is 3. The first-order chi connectivity index (χ1) is 18.3. The van der Waals surface area contributed by atoms with Gasteiger partial charge in [0.2, 0.25) is 0 Å². The summed E-state index contributed by atoms with van der Waals surface area (Å²) in [4.78, 5) is 49.1. The van der Waals surface area contributed by atoms with E-state index >= 15 is 0 Å². The van der Waals surface area contributed by atoms with Crippen molar-refractivity contribution in [2.45, 2.75) is 35.6 Å². The van der Waals surface area contributed by atoms with Gasteiger partial charge in [0.1, 0.15) is 21.8 Å². The van der Waals surface area contributed by atoms with E-state index in [1.165, 1.54) is 16.7 Å². The van der Waals surface area contributed by atoms with Crippen molar-refractivity contribution in [2.24, 2.45) is 5.16 Å². The monoisotopic (exact) mass is 597 g/mol. The highest BCUT2D eigenvalue weighted by atomic mass is 35.5. The number of nitrogens with one attached hydrogen (secondary N) is 2. The molecule has 2 aromatic heterocycles. The SMILES string of the molecule is CNCCSCc1ncccc1SC1=C(C(=O)O)N2C(=O)[C@@H](NC(=O)/C(=N\O)c3nc(N)sc3Cl)[C@H]2CC1. The van der Waals surface area contributed by atoms with Gasteiger partial charge in [-0.1, -0.05) is 39.9 Å². The molecule has 0 radical (unpaired) electrons. The number of rotatable bonds is 11. The predicted octanol–water partition coefficient (Wildman–Crippen LogP) is 1.98. The fraction of sp³-hybridized carbons (Fsp3) is 0.364. The van der Waals surface area contributed by atoms with E-state index in [0.29, 0.717) is 23.5 Å². The van der Waals surface area contributed by atoms with E-state index in [0.717, 1.165) is 34.2 Å². The van der Waals surface area contributed by atoms with Gasteiger partial charge in [-0.3, -0.25) is 19.5 Å². The predicted molar refractivity (Wildman–Crippen MR) is 147 cm³/mol. The lowest BCUT2D eigenvalue weighted by Gasteiger charge is -2.50. The van der Waals surface area contributed by atoms with E-state index in [-0.39, 0.29) is 20.9 Å². The maximum Gasteiger partial charge on any atom is 0.353 e. The number of fused-ring (bicyclic) bond motifs is 1. The topological polar surface area (TPSA) is 183 Å². The third-order valence-corrected chi connectivity index (χ3v) is 9.13. The highest BCUT2D eigenvalue weighted by Gasteiger charge is 2.54. The number of β-lactam (4-membered cyclic amide) rings is 1. The van der Waals surface area contributed by atoms with Crippen molar-refractivity contribution in [3.8, 4) is 0 Å². The van der Waals surface area contributed by atoms with Gasteiger partial charge in [0.25, 0.3) is 11.8 Å². The number of oxime groups is 1. The van der Waals surface area contributed by atoms with Crippen LogP contribution in [0.4, 0.5) is 5.13 Å². The molecular formula is C22H24ClN7O5S3. The van der Waals surface area contributed by atoms with Crippen LogP contribution in [0.1, 0.15) is 24.2 Å². The zero-order chi connectivity index (χ0) is 27.4. The van der Waals surface area contributed by atoms with Crippen molar-refractivity contribution in [3.63, 3.8) is 0 Å².